The van der Waals surface area contributed by atoms with Gasteiger partial charge in [0.1, 0.15) is 22.1 Å². The molecule has 0 saturated heterocycles. The van der Waals surface area contributed by atoms with Crippen LogP contribution in [0.15, 0.2) is 41.4 Å². The summed E-state index contributed by atoms with van der Waals surface area (Å²) in [5.74, 6) is 0. The summed E-state index contributed by atoms with van der Waals surface area (Å²) in [6.07, 6.45) is 11.8. The summed E-state index contributed by atoms with van der Waals surface area (Å²) < 4.78 is 15.5. The average molecular weight is 411 g/mol. The third kappa shape index (κ3) is 2.86. The van der Waals surface area contributed by atoms with E-state index >= 15 is 0 Å². The van der Waals surface area contributed by atoms with Crippen LogP contribution in [0.3, 0.4) is 0 Å². The Bertz CT molecular complexity index is 1150. The Kier molecular flexibility index (Phi) is 4.30. The Labute approximate surface area is 168 Å². The van der Waals surface area contributed by atoms with Gasteiger partial charge in [0.15, 0.2) is 0 Å². The molecule has 0 radical (unpaired) electrons. The normalized spacial score (nSPS) is 15.6. The second-order valence-corrected chi connectivity index (χ2v) is 9.85. The smallest absolute Gasteiger partial charge is 0.232 e. The average Bonchev–Trinajstić information content (AvgIpc) is 3.24. The van der Waals surface area contributed by atoms with Gasteiger partial charge in [0.25, 0.3) is 0 Å². The lowest BCUT2D eigenvalue weighted by Crippen LogP contribution is -2.28. The molecule has 4 aromatic heterocycles. The summed E-state index contributed by atoms with van der Waals surface area (Å²) in [5.41, 5.74) is 10.5. The Morgan fingerprint density at radius 1 is 1.21 bits per heavy atom. The molecule has 1 saturated carbocycles. The second-order valence-electron chi connectivity index (χ2n) is 6.92. The molecule has 5 rings (SSSR count). The number of aryl methyl sites for hydroxylation is 1. The Hall–Kier alpha value is -2.49. The quantitative estimate of drug-likeness (QED) is 0.517. The zero-order chi connectivity index (χ0) is 19.3. The monoisotopic (exact) mass is 410 g/mol. The number of hydrogen-bond donors (Lipinski definition) is 1. The number of fused-ring (bicyclic) bond motifs is 1. The first-order valence-corrected chi connectivity index (χ1v) is 11.0. The lowest BCUT2D eigenvalue weighted by molar-refractivity contribution is 0.478. The Morgan fingerprint density at radius 2 is 2.00 bits per heavy atom. The third-order valence-electron chi connectivity index (χ3n) is 5.07. The van der Waals surface area contributed by atoms with E-state index in [1.807, 2.05) is 19.3 Å². The first-order chi connectivity index (χ1) is 13.6. The number of nitrogens with two attached hydrogens (primary N) is 1. The van der Waals surface area contributed by atoms with Gasteiger partial charge in [-0.3, -0.25) is 4.68 Å². The minimum atomic E-state index is -1.09. The van der Waals surface area contributed by atoms with Crippen LogP contribution in [0.5, 0.6) is 0 Å². The molecule has 28 heavy (non-hydrogen) atoms. The van der Waals surface area contributed by atoms with Crippen LogP contribution in [0.1, 0.15) is 19.3 Å². The van der Waals surface area contributed by atoms with Crippen molar-refractivity contribution in [1.82, 2.24) is 24.7 Å². The highest BCUT2D eigenvalue weighted by Gasteiger charge is 2.35. The summed E-state index contributed by atoms with van der Waals surface area (Å²) in [7, 11) is 1.88. The molecule has 1 aliphatic carbocycles. The van der Waals surface area contributed by atoms with Gasteiger partial charge < -0.3 is 10.3 Å². The maximum absolute atomic E-state index is 13.0. The van der Waals surface area contributed by atoms with Crippen LogP contribution in [0.2, 0.25) is 0 Å². The SMILES string of the molecule is Cn1cc(-c2cc(-c3cncnc3)nc3sc([S+]([O-])C4CCC4)c(N)c23)cn1. The molecule has 0 amide bonds. The number of rotatable bonds is 4. The van der Waals surface area contributed by atoms with E-state index in [1.165, 1.54) is 17.7 Å². The number of aromatic nitrogens is 5. The topological polar surface area (TPSA) is 106 Å². The highest BCUT2D eigenvalue weighted by Crippen LogP contribution is 2.45. The fourth-order valence-electron chi connectivity index (χ4n) is 3.35. The minimum absolute atomic E-state index is 0.208. The zero-order valence-corrected chi connectivity index (χ0v) is 16.8. The van der Waals surface area contributed by atoms with E-state index in [2.05, 4.69) is 15.1 Å². The number of hydrogen-bond acceptors (Lipinski definition) is 7. The fraction of sp³-hybridized carbons (Fsp3) is 0.263. The standard InChI is InChI=1S/C19H18N6OS2/c1-25-9-12(8-23-25)14-5-15(11-6-21-10-22-7-11)24-18-16(14)17(20)19(27-18)28(26)13-3-2-4-13/h5-10,13H,2-4,20H2,1H3. The summed E-state index contributed by atoms with van der Waals surface area (Å²) in [5, 5.41) is 5.35. The molecule has 0 spiro atoms. The first-order valence-electron chi connectivity index (χ1n) is 9.00. The first kappa shape index (κ1) is 17.6. The van der Waals surface area contributed by atoms with Crippen molar-refractivity contribution in [3.63, 3.8) is 0 Å². The summed E-state index contributed by atoms with van der Waals surface area (Å²) >= 11 is 0.342. The van der Waals surface area contributed by atoms with Crippen molar-refractivity contribution in [2.75, 3.05) is 5.73 Å². The van der Waals surface area contributed by atoms with Gasteiger partial charge in [0.2, 0.25) is 4.21 Å². The largest absolute Gasteiger partial charge is 0.611 e. The number of pyridine rings is 1. The van der Waals surface area contributed by atoms with E-state index in [0.29, 0.717) is 5.69 Å². The molecular formula is C19H18N6OS2. The third-order valence-corrected chi connectivity index (χ3v) is 8.37. The Morgan fingerprint density at radius 3 is 2.64 bits per heavy atom. The second kappa shape index (κ2) is 6.84. The molecule has 0 bridgehead atoms. The molecule has 4 heterocycles. The number of anilines is 1. The van der Waals surface area contributed by atoms with Gasteiger partial charge in [-0.2, -0.15) is 5.10 Å². The van der Waals surface area contributed by atoms with Crippen molar-refractivity contribution in [1.29, 1.82) is 0 Å². The molecule has 1 aliphatic rings. The predicted octanol–water partition coefficient (Wildman–Crippen LogP) is 3.40. The summed E-state index contributed by atoms with van der Waals surface area (Å²) in [4.78, 5) is 13.8. The molecule has 1 unspecified atom stereocenters. The van der Waals surface area contributed by atoms with E-state index in [9.17, 15) is 4.55 Å². The molecule has 9 heteroatoms. The lowest BCUT2D eigenvalue weighted by Gasteiger charge is -2.27. The van der Waals surface area contributed by atoms with E-state index in [1.54, 1.807) is 23.3 Å². The van der Waals surface area contributed by atoms with Gasteiger partial charge in [-0.25, -0.2) is 15.0 Å². The highest BCUT2D eigenvalue weighted by atomic mass is 32.2. The van der Waals surface area contributed by atoms with Crippen molar-refractivity contribution < 1.29 is 4.55 Å². The van der Waals surface area contributed by atoms with E-state index in [-0.39, 0.29) is 5.25 Å². The summed E-state index contributed by atoms with van der Waals surface area (Å²) in [6, 6.07) is 1.98. The van der Waals surface area contributed by atoms with Crippen molar-refractivity contribution >= 4 is 38.4 Å². The van der Waals surface area contributed by atoms with Crippen molar-refractivity contribution in [2.45, 2.75) is 28.7 Å². The summed E-state index contributed by atoms with van der Waals surface area (Å²) in [6.45, 7) is 0. The van der Waals surface area contributed by atoms with E-state index in [0.717, 1.165) is 56.1 Å². The molecule has 4 aromatic rings. The van der Waals surface area contributed by atoms with Gasteiger partial charge in [0, 0.05) is 53.3 Å². The molecule has 142 valence electrons. The van der Waals surface area contributed by atoms with Crippen LogP contribution >= 0.6 is 11.3 Å². The number of nitrogens with zero attached hydrogens (tertiary/aromatic N) is 5. The number of thiophene rings is 1. The van der Waals surface area contributed by atoms with Gasteiger partial charge in [-0.05, 0) is 30.9 Å². The molecule has 7 nitrogen and oxygen atoms in total. The highest BCUT2D eigenvalue weighted by molar-refractivity contribution is 7.94. The van der Waals surface area contributed by atoms with Gasteiger partial charge in [-0.1, -0.05) is 11.3 Å². The lowest BCUT2D eigenvalue weighted by atomic mass is 10.00. The van der Waals surface area contributed by atoms with Crippen LogP contribution in [0, 0.1) is 0 Å². The Balaban J connectivity index is 1.74. The van der Waals surface area contributed by atoms with Crippen molar-refractivity contribution in [3.05, 3.63) is 37.2 Å². The minimum Gasteiger partial charge on any atom is -0.611 e. The predicted molar refractivity (Wildman–Crippen MR) is 111 cm³/mol. The van der Waals surface area contributed by atoms with Crippen LogP contribution in [-0.4, -0.2) is 34.5 Å². The zero-order valence-electron chi connectivity index (χ0n) is 15.2. The van der Waals surface area contributed by atoms with E-state index < -0.39 is 11.2 Å². The van der Waals surface area contributed by atoms with Crippen LogP contribution < -0.4 is 5.73 Å². The van der Waals surface area contributed by atoms with Crippen molar-refractivity contribution in [3.8, 4) is 22.4 Å². The molecule has 0 aromatic carbocycles. The van der Waals surface area contributed by atoms with Gasteiger partial charge in [-0.15, -0.1) is 0 Å². The molecule has 1 fully saturated rings. The van der Waals surface area contributed by atoms with Gasteiger partial charge >= 0.3 is 0 Å². The molecule has 0 aliphatic heterocycles. The van der Waals surface area contributed by atoms with Crippen LogP contribution in [-0.2, 0) is 18.2 Å². The molecular weight excluding hydrogens is 392 g/mol. The van der Waals surface area contributed by atoms with Crippen LogP contribution in [0.25, 0.3) is 32.6 Å². The number of nitrogen functional groups attached to an aromatic ring is 1. The maximum atomic E-state index is 13.0. The van der Waals surface area contributed by atoms with Crippen molar-refractivity contribution in [2.24, 2.45) is 7.05 Å². The van der Waals surface area contributed by atoms with E-state index in [4.69, 9.17) is 10.7 Å². The van der Waals surface area contributed by atoms with Gasteiger partial charge in [0.05, 0.1) is 11.9 Å². The fourth-order valence-corrected chi connectivity index (χ4v) is 6.56. The van der Waals surface area contributed by atoms with Crippen LogP contribution in [0.4, 0.5) is 5.69 Å². The molecule has 1 atom stereocenters. The maximum Gasteiger partial charge on any atom is 0.232 e. The molecule has 2 N–H and O–H groups in total.